The van der Waals surface area contributed by atoms with Gasteiger partial charge in [-0.15, -0.1) is 22.7 Å². The summed E-state index contributed by atoms with van der Waals surface area (Å²) in [6.45, 7) is 2.67. The maximum absolute atomic E-state index is 10.5. The fraction of sp³-hybridized carbons (Fsp3) is 0.250. The van der Waals surface area contributed by atoms with E-state index in [1.165, 1.54) is 9.40 Å². The molecule has 0 fully saturated rings. The molecular formula is C12H11ClN2OS2. The lowest BCUT2D eigenvalue weighted by molar-refractivity contribution is 0.212. The Morgan fingerprint density at radius 3 is 3.06 bits per heavy atom. The van der Waals surface area contributed by atoms with Gasteiger partial charge in [0.2, 0.25) is 0 Å². The van der Waals surface area contributed by atoms with Crippen LogP contribution in [0.2, 0.25) is 5.02 Å². The highest BCUT2D eigenvalue weighted by Crippen LogP contribution is 2.37. The van der Waals surface area contributed by atoms with Gasteiger partial charge in [0.15, 0.2) is 0 Å². The van der Waals surface area contributed by atoms with E-state index in [9.17, 15) is 5.11 Å². The highest BCUT2D eigenvalue weighted by molar-refractivity contribution is 7.26. The summed E-state index contributed by atoms with van der Waals surface area (Å²) in [7, 11) is 0. The minimum atomic E-state index is -0.704. The average molecular weight is 299 g/mol. The first-order valence-electron chi connectivity index (χ1n) is 5.57. The molecule has 94 valence electrons. The van der Waals surface area contributed by atoms with E-state index in [2.05, 4.69) is 16.5 Å². The first-order valence-corrected chi connectivity index (χ1v) is 7.64. The molecule has 18 heavy (non-hydrogen) atoms. The number of hydrogen-bond donors (Lipinski definition) is 1. The molecule has 0 aliphatic carbocycles. The molecule has 0 aliphatic heterocycles. The topological polar surface area (TPSA) is 38.0 Å². The van der Waals surface area contributed by atoms with Crippen molar-refractivity contribution in [1.82, 2.24) is 9.78 Å². The highest BCUT2D eigenvalue weighted by Gasteiger charge is 2.21. The lowest BCUT2D eigenvalue weighted by Gasteiger charge is -2.11. The summed E-state index contributed by atoms with van der Waals surface area (Å²) in [6, 6.07) is 4.10. The summed E-state index contributed by atoms with van der Waals surface area (Å²) in [5, 5.41) is 17.2. The zero-order valence-electron chi connectivity index (χ0n) is 9.63. The molecule has 3 rings (SSSR count). The molecule has 0 bridgehead atoms. The third-order valence-corrected chi connectivity index (χ3v) is 5.26. The molecule has 3 aromatic heterocycles. The number of aliphatic hydroxyl groups is 1. The Balaban J connectivity index is 2.05. The number of nitrogens with zero attached hydrogens (tertiary/aromatic N) is 2. The van der Waals surface area contributed by atoms with Crippen molar-refractivity contribution in [2.75, 3.05) is 0 Å². The molecule has 0 radical (unpaired) electrons. The second kappa shape index (κ2) is 4.66. The molecule has 0 amide bonds. The molecule has 6 heteroatoms. The molecular weight excluding hydrogens is 288 g/mol. The number of aromatic nitrogens is 2. The van der Waals surface area contributed by atoms with E-state index in [0.717, 1.165) is 4.88 Å². The molecule has 0 aromatic carbocycles. The maximum Gasteiger partial charge on any atom is 0.131 e. The van der Waals surface area contributed by atoms with Crippen molar-refractivity contribution in [3.8, 4) is 0 Å². The third-order valence-electron chi connectivity index (χ3n) is 2.82. The standard InChI is InChI=1S/C12H11ClN2OS2/c1-2-15-11(7(13)6-14-15)12(16)10-5-9-8(18-10)3-4-17-9/h3-6,12,16H,2H2,1H3. The van der Waals surface area contributed by atoms with Crippen molar-refractivity contribution in [1.29, 1.82) is 0 Å². The van der Waals surface area contributed by atoms with Crippen LogP contribution in [-0.2, 0) is 6.54 Å². The average Bonchev–Trinajstić information content (AvgIpc) is 3.00. The van der Waals surface area contributed by atoms with Gasteiger partial charge in [0.25, 0.3) is 0 Å². The van der Waals surface area contributed by atoms with E-state index in [1.807, 2.05) is 13.0 Å². The molecule has 0 aliphatic rings. The summed E-state index contributed by atoms with van der Waals surface area (Å²) < 4.78 is 4.14. The van der Waals surface area contributed by atoms with Crippen LogP contribution >= 0.6 is 34.3 Å². The van der Waals surface area contributed by atoms with E-state index in [-0.39, 0.29) is 0 Å². The molecule has 0 saturated carbocycles. The van der Waals surface area contributed by atoms with Crippen molar-refractivity contribution < 1.29 is 5.11 Å². The predicted molar refractivity (Wildman–Crippen MR) is 76.7 cm³/mol. The van der Waals surface area contributed by atoms with Crippen molar-refractivity contribution >= 4 is 43.7 Å². The van der Waals surface area contributed by atoms with Crippen LogP contribution in [0.1, 0.15) is 23.6 Å². The zero-order valence-corrected chi connectivity index (χ0v) is 12.0. The van der Waals surface area contributed by atoms with E-state index < -0.39 is 6.10 Å². The van der Waals surface area contributed by atoms with Gasteiger partial charge in [0.05, 0.1) is 16.9 Å². The van der Waals surface area contributed by atoms with Crippen LogP contribution in [0.5, 0.6) is 0 Å². The molecule has 0 spiro atoms. The van der Waals surface area contributed by atoms with E-state index in [0.29, 0.717) is 17.3 Å². The highest BCUT2D eigenvalue weighted by atomic mass is 35.5. The van der Waals surface area contributed by atoms with Gasteiger partial charge in [-0.3, -0.25) is 4.68 Å². The number of thiophene rings is 2. The van der Waals surface area contributed by atoms with Gasteiger partial charge in [-0.2, -0.15) is 5.10 Å². The van der Waals surface area contributed by atoms with Crippen molar-refractivity contribution in [2.24, 2.45) is 0 Å². The summed E-state index contributed by atoms with van der Waals surface area (Å²) in [5.74, 6) is 0. The van der Waals surface area contributed by atoms with Crippen LogP contribution in [-0.4, -0.2) is 14.9 Å². The molecule has 1 unspecified atom stereocenters. The van der Waals surface area contributed by atoms with Gasteiger partial charge in [0, 0.05) is 20.8 Å². The van der Waals surface area contributed by atoms with Gasteiger partial charge in [0.1, 0.15) is 6.10 Å². The molecule has 1 atom stereocenters. The first-order chi connectivity index (χ1) is 8.70. The first kappa shape index (κ1) is 12.2. The Kier molecular flexibility index (Phi) is 3.15. The Morgan fingerprint density at radius 2 is 2.33 bits per heavy atom. The van der Waals surface area contributed by atoms with Crippen LogP contribution in [0, 0.1) is 0 Å². The van der Waals surface area contributed by atoms with Crippen LogP contribution in [0.4, 0.5) is 0 Å². The fourth-order valence-electron chi connectivity index (χ4n) is 1.95. The van der Waals surface area contributed by atoms with Crippen LogP contribution in [0.25, 0.3) is 9.40 Å². The second-order valence-electron chi connectivity index (χ2n) is 3.89. The van der Waals surface area contributed by atoms with E-state index in [1.54, 1.807) is 33.6 Å². The number of rotatable bonds is 3. The van der Waals surface area contributed by atoms with E-state index in [4.69, 9.17) is 11.6 Å². The molecule has 3 heterocycles. The SMILES string of the molecule is CCn1ncc(Cl)c1C(O)c1cc2sccc2s1. The van der Waals surface area contributed by atoms with Crippen LogP contribution < -0.4 is 0 Å². The molecule has 0 saturated heterocycles. The van der Waals surface area contributed by atoms with Crippen molar-refractivity contribution in [3.63, 3.8) is 0 Å². The Bertz CT molecular complexity index is 657. The lowest BCUT2D eigenvalue weighted by Crippen LogP contribution is -2.08. The lowest BCUT2D eigenvalue weighted by atomic mass is 10.2. The normalized spacial score (nSPS) is 13.3. The number of aliphatic hydroxyl groups excluding tert-OH is 1. The maximum atomic E-state index is 10.5. The van der Waals surface area contributed by atoms with Gasteiger partial charge in [-0.25, -0.2) is 0 Å². The van der Waals surface area contributed by atoms with Gasteiger partial charge in [-0.05, 0) is 24.4 Å². The van der Waals surface area contributed by atoms with Crippen LogP contribution in [0.3, 0.4) is 0 Å². The van der Waals surface area contributed by atoms with Gasteiger partial charge < -0.3 is 5.11 Å². The Labute approximate surface area is 117 Å². The molecule has 3 aromatic rings. The van der Waals surface area contributed by atoms with Gasteiger partial charge >= 0.3 is 0 Å². The number of aryl methyl sites for hydroxylation is 1. The quantitative estimate of drug-likeness (QED) is 0.796. The zero-order chi connectivity index (χ0) is 12.7. The number of fused-ring (bicyclic) bond motifs is 1. The van der Waals surface area contributed by atoms with Crippen molar-refractivity contribution in [3.05, 3.63) is 39.3 Å². The predicted octanol–water partition coefficient (Wildman–Crippen LogP) is 3.91. The number of hydrogen-bond acceptors (Lipinski definition) is 4. The summed E-state index contributed by atoms with van der Waals surface area (Å²) in [5.41, 5.74) is 0.674. The summed E-state index contributed by atoms with van der Waals surface area (Å²) in [6.07, 6.45) is 0.879. The Morgan fingerprint density at radius 1 is 1.50 bits per heavy atom. The second-order valence-corrected chi connectivity index (χ2v) is 6.36. The van der Waals surface area contributed by atoms with Crippen LogP contribution in [0.15, 0.2) is 23.7 Å². The van der Waals surface area contributed by atoms with Crippen molar-refractivity contribution in [2.45, 2.75) is 19.6 Å². The smallest absolute Gasteiger partial charge is 0.131 e. The third kappa shape index (κ3) is 1.87. The number of halogens is 1. The minimum Gasteiger partial charge on any atom is -0.381 e. The fourth-order valence-corrected chi connectivity index (χ4v) is 4.30. The molecule has 3 nitrogen and oxygen atoms in total. The monoisotopic (exact) mass is 298 g/mol. The summed E-state index contributed by atoms with van der Waals surface area (Å²) >= 11 is 9.38. The minimum absolute atomic E-state index is 0.515. The Hall–Kier alpha value is -0.880. The van der Waals surface area contributed by atoms with E-state index >= 15 is 0 Å². The largest absolute Gasteiger partial charge is 0.381 e. The molecule has 1 N–H and O–H groups in total. The van der Waals surface area contributed by atoms with Gasteiger partial charge in [-0.1, -0.05) is 11.6 Å². The summed E-state index contributed by atoms with van der Waals surface area (Å²) in [4.78, 5) is 0.911.